The topological polar surface area (TPSA) is 60.1 Å². The summed E-state index contributed by atoms with van der Waals surface area (Å²) in [5.74, 6) is 1.69. The molecule has 4 aliphatic rings. The van der Waals surface area contributed by atoms with Gasteiger partial charge in [0.1, 0.15) is 11.9 Å². The summed E-state index contributed by atoms with van der Waals surface area (Å²) in [6.07, 6.45) is 5.81. The second kappa shape index (κ2) is 6.74. The average molecular weight is 386 g/mol. The molecule has 2 heterocycles. The lowest BCUT2D eigenvalue weighted by atomic mass is 9.53. The van der Waals surface area contributed by atoms with Crippen LogP contribution in [0.4, 0.5) is 0 Å². The number of hydrogen-bond donors (Lipinski definition) is 1. The van der Waals surface area contributed by atoms with E-state index < -0.39 is 0 Å². The molecule has 6 atom stereocenters. The molecule has 0 amide bonds. The van der Waals surface area contributed by atoms with Gasteiger partial charge >= 0.3 is 5.97 Å². The third-order valence-corrected chi connectivity index (χ3v) is 7.95. The summed E-state index contributed by atoms with van der Waals surface area (Å²) >= 11 is 0. The van der Waals surface area contributed by atoms with E-state index in [0.29, 0.717) is 24.9 Å². The smallest absolute Gasteiger partial charge is 0.310 e. The van der Waals surface area contributed by atoms with E-state index >= 15 is 0 Å². The van der Waals surface area contributed by atoms with Gasteiger partial charge in [-0.2, -0.15) is 0 Å². The predicted octanol–water partition coefficient (Wildman–Crippen LogP) is 3.31. The maximum absolute atomic E-state index is 12.7. The van der Waals surface area contributed by atoms with Crippen LogP contribution in [0.1, 0.15) is 44.6 Å². The highest BCUT2D eigenvalue weighted by atomic mass is 16.6. The Morgan fingerprint density at radius 3 is 2.89 bits per heavy atom. The van der Waals surface area contributed by atoms with Crippen molar-refractivity contribution in [3.05, 3.63) is 29.8 Å². The van der Waals surface area contributed by atoms with Crippen molar-refractivity contribution in [2.24, 2.45) is 23.2 Å². The molecule has 5 rings (SSSR count). The average Bonchev–Trinajstić information content (AvgIpc) is 3.38. The largest absolute Gasteiger partial charge is 0.496 e. The molecule has 0 unspecified atom stereocenters. The molecule has 1 aromatic rings. The highest BCUT2D eigenvalue weighted by molar-refractivity contribution is 5.75. The fourth-order valence-corrected chi connectivity index (χ4v) is 6.40. The standard InChI is InChI=1S/C23H31NO4/c1-22-8-5-9-23(14-27-23)20(22)10-16-17(21(25)28-19(16)11-22)13-24-12-15-6-3-4-7-18(15)26-2/h3-4,6-7,16-17,19-20,24H,5,8-14H2,1-2H3/t16-,17+,19-,20-,22-,23-/m1/s1. The molecular formula is C23H31NO4. The Labute approximate surface area is 167 Å². The third kappa shape index (κ3) is 2.94. The molecule has 2 saturated heterocycles. The number of carbonyl (C=O) groups is 1. The van der Waals surface area contributed by atoms with Gasteiger partial charge in [-0.05, 0) is 49.5 Å². The summed E-state index contributed by atoms with van der Waals surface area (Å²) < 4.78 is 17.3. The van der Waals surface area contributed by atoms with Crippen LogP contribution in [-0.2, 0) is 20.8 Å². The summed E-state index contributed by atoms with van der Waals surface area (Å²) in [5.41, 5.74) is 1.48. The third-order valence-electron chi connectivity index (χ3n) is 7.95. The SMILES string of the molecule is COc1ccccc1CNC[C@@H]1C(=O)O[C@@H]2C[C@@]3(C)CCC[C@@]4(CO4)[C@@H]3C[C@H]12. The minimum Gasteiger partial charge on any atom is -0.496 e. The number of fused-ring (bicyclic) bond motifs is 3. The van der Waals surface area contributed by atoms with Crippen LogP contribution >= 0.6 is 0 Å². The first-order valence-corrected chi connectivity index (χ1v) is 10.7. The van der Waals surface area contributed by atoms with E-state index in [2.05, 4.69) is 18.3 Å². The van der Waals surface area contributed by atoms with Crippen LogP contribution in [0.15, 0.2) is 24.3 Å². The molecular weight excluding hydrogens is 354 g/mol. The normalized spacial score (nSPS) is 41.3. The van der Waals surface area contributed by atoms with Crippen molar-refractivity contribution in [3.8, 4) is 5.75 Å². The number of para-hydroxylation sites is 1. The summed E-state index contributed by atoms with van der Waals surface area (Å²) in [4.78, 5) is 12.7. The molecule has 2 aliphatic carbocycles. The lowest BCUT2D eigenvalue weighted by Gasteiger charge is -2.51. The first kappa shape index (κ1) is 18.4. The van der Waals surface area contributed by atoms with Crippen molar-refractivity contribution < 1.29 is 19.0 Å². The van der Waals surface area contributed by atoms with E-state index in [1.807, 2.05) is 18.2 Å². The molecule has 0 bridgehead atoms. The Balaban J connectivity index is 1.27. The zero-order valence-corrected chi connectivity index (χ0v) is 16.9. The van der Waals surface area contributed by atoms with Gasteiger partial charge in [-0.25, -0.2) is 0 Å². The maximum atomic E-state index is 12.7. The molecule has 0 radical (unpaired) electrons. The number of epoxide rings is 1. The molecule has 5 heteroatoms. The van der Waals surface area contributed by atoms with Gasteiger partial charge in [0, 0.05) is 24.6 Å². The van der Waals surface area contributed by atoms with Crippen molar-refractivity contribution >= 4 is 5.97 Å². The van der Waals surface area contributed by atoms with Gasteiger partial charge in [0.25, 0.3) is 0 Å². The number of nitrogens with one attached hydrogen (secondary N) is 1. The second-order valence-electron chi connectivity index (χ2n) is 9.54. The fourth-order valence-electron chi connectivity index (χ4n) is 6.40. The number of hydrogen-bond acceptors (Lipinski definition) is 5. The van der Waals surface area contributed by atoms with Crippen LogP contribution < -0.4 is 10.1 Å². The van der Waals surface area contributed by atoms with Gasteiger partial charge in [-0.15, -0.1) is 0 Å². The van der Waals surface area contributed by atoms with Crippen LogP contribution in [0, 0.1) is 23.2 Å². The van der Waals surface area contributed by atoms with Gasteiger partial charge in [-0.3, -0.25) is 4.79 Å². The van der Waals surface area contributed by atoms with Gasteiger partial charge in [0.15, 0.2) is 0 Å². The van der Waals surface area contributed by atoms with Gasteiger partial charge < -0.3 is 19.5 Å². The van der Waals surface area contributed by atoms with Crippen LogP contribution in [0.2, 0.25) is 0 Å². The number of methoxy groups -OCH3 is 1. The zero-order chi connectivity index (χ0) is 19.4. The van der Waals surface area contributed by atoms with Gasteiger partial charge in [0.05, 0.1) is 25.2 Å². The monoisotopic (exact) mass is 385 g/mol. The van der Waals surface area contributed by atoms with Crippen LogP contribution in [0.5, 0.6) is 5.75 Å². The van der Waals surface area contributed by atoms with Crippen molar-refractivity contribution in [2.75, 3.05) is 20.3 Å². The lowest BCUT2D eigenvalue weighted by molar-refractivity contribution is -0.147. The van der Waals surface area contributed by atoms with E-state index in [9.17, 15) is 4.79 Å². The van der Waals surface area contributed by atoms with E-state index in [-0.39, 0.29) is 29.0 Å². The summed E-state index contributed by atoms with van der Waals surface area (Å²) in [5, 5.41) is 3.49. The molecule has 2 saturated carbocycles. The first-order chi connectivity index (χ1) is 13.5. The van der Waals surface area contributed by atoms with E-state index in [1.165, 1.54) is 19.3 Å². The Bertz CT molecular complexity index is 761. The predicted molar refractivity (Wildman–Crippen MR) is 105 cm³/mol. The molecule has 28 heavy (non-hydrogen) atoms. The summed E-state index contributed by atoms with van der Waals surface area (Å²) in [6.45, 7) is 4.67. The molecule has 4 fully saturated rings. The van der Waals surface area contributed by atoms with Gasteiger partial charge in [-0.1, -0.05) is 25.1 Å². The summed E-state index contributed by atoms with van der Waals surface area (Å²) in [7, 11) is 1.69. The van der Waals surface area contributed by atoms with Crippen molar-refractivity contribution in [3.63, 3.8) is 0 Å². The molecule has 5 nitrogen and oxygen atoms in total. The number of carbonyl (C=O) groups excluding carboxylic acids is 1. The van der Waals surface area contributed by atoms with Crippen LogP contribution in [0.3, 0.4) is 0 Å². The van der Waals surface area contributed by atoms with Crippen molar-refractivity contribution in [2.45, 2.75) is 57.3 Å². The molecule has 1 aromatic carbocycles. The van der Waals surface area contributed by atoms with Crippen LogP contribution in [0.25, 0.3) is 0 Å². The summed E-state index contributed by atoms with van der Waals surface area (Å²) in [6, 6.07) is 8.01. The molecule has 152 valence electrons. The highest BCUT2D eigenvalue weighted by Gasteiger charge is 2.64. The van der Waals surface area contributed by atoms with E-state index in [4.69, 9.17) is 14.2 Å². The Morgan fingerprint density at radius 2 is 2.11 bits per heavy atom. The molecule has 1 spiro atoms. The lowest BCUT2D eigenvalue weighted by Crippen LogP contribution is -2.51. The zero-order valence-electron chi connectivity index (χ0n) is 16.9. The fraction of sp³-hybridized carbons (Fsp3) is 0.696. The molecule has 1 N–H and O–H groups in total. The quantitative estimate of drug-likeness (QED) is 0.622. The maximum Gasteiger partial charge on any atom is 0.310 e. The van der Waals surface area contributed by atoms with E-state index in [0.717, 1.165) is 30.8 Å². The minimum absolute atomic E-state index is 0.0180. The molecule has 0 aromatic heterocycles. The van der Waals surface area contributed by atoms with Gasteiger partial charge in [0.2, 0.25) is 0 Å². The Kier molecular flexibility index (Phi) is 4.44. The molecule has 2 aliphatic heterocycles. The number of benzene rings is 1. The second-order valence-corrected chi connectivity index (χ2v) is 9.54. The first-order valence-electron chi connectivity index (χ1n) is 10.7. The van der Waals surface area contributed by atoms with Crippen molar-refractivity contribution in [1.82, 2.24) is 5.32 Å². The highest BCUT2D eigenvalue weighted by Crippen LogP contribution is 2.62. The Morgan fingerprint density at radius 1 is 1.29 bits per heavy atom. The Hall–Kier alpha value is -1.59. The van der Waals surface area contributed by atoms with E-state index in [1.54, 1.807) is 7.11 Å². The van der Waals surface area contributed by atoms with Crippen LogP contribution in [-0.4, -0.2) is 37.9 Å². The number of esters is 1. The number of ether oxygens (including phenoxy) is 3. The number of rotatable bonds is 5. The minimum atomic E-state index is -0.0537. The van der Waals surface area contributed by atoms with Crippen molar-refractivity contribution in [1.29, 1.82) is 0 Å².